The van der Waals surface area contributed by atoms with Crippen LogP contribution in [-0.2, 0) is 9.22 Å². The van der Waals surface area contributed by atoms with Gasteiger partial charge >= 0.3 is 5.71 Å². The molecule has 0 bridgehead atoms. The Morgan fingerprint density at radius 3 is 2.35 bits per heavy atom. The van der Waals surface area contributed by atoms with Crippen LogP contribution in [0.4, 0.5) is 0 Å². The van der Waals surface area contributed by atoms with Gasteiger partial charge in [-0.05, 0) is 43.8 Å². The van der Waals surface area contributed by atoms with Gasteiger partial charge in [0.2, 0.25) is 5.78 Å². The second-order valence-corrected chi connectivity index (χ2v) is 13.4. The zero-order valence-corrected chi connectivity index (χ0v) is 16.1. The number of nitrogens with zero attached hydrogens (tertiary/aromatic N) is 2. The molecule has 2 fully saturated rings. The summed E-state index contributed by atoms with van der Waals surface area (Å²) < 4.78 is 6.74. The highest BCUT2D eigenvalue weighted by molar-refractivity contribution is 6.74. The van der Waals surface area contributed by atoms with Gasteiger partial charge in [0.05, 0.1) is 5.60 Å². The van der Waals surface area contributed by atoms with E-state index in [4.69, 9.17) is 4.43 Å². The summed E-state index contributed by atoms with van der Waals surface area (Å²) in [4.78, 5) is 15.4. The van der Waals surface area contributed by atoms with E-state index >= 15 is 0 Å². The Balaban J connectivity index is 2.53. The lowest BCUT2D eigenvalue weighted by Gasteiger charge is -2.52. The van der Waals surface area contributed by atoms with Crippen molar-refractivity contribution in [2.24, 2.45) is 0 Å². The van der Waals surface area contributed by atoms with Gasteiger partial charge in [-0.2, -0.15) is 4.79 Å². The fourth-order valence-electron chi connectivity index (χ4n) is 3.70. The zero-order valence-electron chi connectivity index (χ0n) is 15.1. The molecule has 2 aliphatic carbocycles. The third-order valence-corrected chi connectivity index (χ3v) is 10.7. The van der Waals surface area contributed by atoms with Crippen LogP contribution >= 0.6 is 0 Å². The third kappa shape index (κ3) is 2.98. The third-order valence-electron chi connectivity index (χ3n) is 6.14. The second kappa shape index (κ2) is 5.92. The number of hydrogen-bond donors (Lipinski definition) is 1. The lowest BCUT2D eigenvalue weighted by Crippen LogP contribution is -2.68. The maximum absolute atomic E-state index is 12.2. The monoisotopic (exact) mass is 338 g/mol. The average molecular weight is 339 g/mol. The van der Waals surface area contributed by atoms with Gasteiger partial charge in [0.25, 0.3) is 0 Å². The van der Waals surface area contributed by atoms with E-state index in [1.807, 2.05) is 0 Å². The molecule has 5 nitrogen and oxygen atoms in total. The molecule has 6 heteroatoms. The highest BCUT2D eigenvalue weighted by Crippen LogP contribution is 2.50. The van der Waals surface area contributed by atoms with Crippen molar-refractivity contribution in [3.8, 4) is 0 Å². The minimum atomic E-state index is -2.15. The fourth-order valence-corrected chi connectivity index (χ4v) is 5.36. The molecule has 0 saturated heterocycles. The number of rotatable bonds is 2. The summed E-state index contributed by atoms with van der Waals surface area (Å²) in [6.45, 7) is 10.8. The Bertz CT molecular complexity index is 549. The van der Waals surface area contributed by atoms with E-state index in [0.717, 1.165) is 19.3 Å². The minimum absolute atomic E-state index is 0.00689. The zero-order chi connectivity index (χ0) is 17.5. The van der Waals surface area contributed by atoms with Crippen molar-refractivity contribution >= 4 is 19.8 Å². The first kappa shape index (κ1) is 18.5. The van der Waals surface area contributed by atoms with Crippen molar-refractivity contribution in [3.05, 3.63) is 5.53 Å². The predicted octanol–water partition coefficient (Wildman–Crippen LogP) is 3.48. The Morgan fingerprint density at radius 2 is 1.78 bits per heavy atom. The Hall–Kier alpha value is -0.813. The Kier molecular flexibility index (Phi) is 4.77. The normalized spacial score (nSPS) is 33.0. The van der Waals surface area contributed by atoms with Crippen molar-refractivity contribution in [1.82, 2.24) is 0 Å². The van der Waals surface area contributed by atoms with Crippen LogP contribution in [0, 0.1) is 0 Å². The van der Waals surface area contributed by atoms with E-state index < -0.39 is 19.5 Å². The quantitative estimate of drug-likeness (QED) is 0.475. The Morgan fingerprint density at radius 1 is 1.17 bits per heavy atom. The van der Waals surface area contributed by atoms with Crippen molar-refractivity contribution in [3.63, 3.8) is 0 Å². The highest BCUT2D eigenvalue weighted by Gasteiger charge is 2.65. The molecule has 2 atom stereocenters. The molecule has 0 heterocycles. The first-order valence-corrected chi connectivity index (χ1v) is 11.6. The van der Waals surface area contributed by atoms with E-state index in [2.05, 4.69) is 38.7 Å². The van der Waals surface area contributed by atoms with Gasteiger partial charge in [-0.1, -0.05) is 33.6 Å². The molecule has 0 amide bonds. The van der Waals surface area contributed by atoms with Crippen molar-refractivity contribution in [2.75, 3.05) is 0 Å². The number of fused-ring (bicyclic) bond motifs is 1. The molecule has 2 aliphatic rings. The van der Waals surface area contributed by atoms with Crippen molar-refractivity contribution in [1.29, 1.82) is 0 Å². The van der Waals surface area contributed by atoms with E-state index in [1.54, 1.807) is 0 Å². The van der Waals surface area contributed by atoms with Crippen molar-refractivity contribution in [2.45, 2.75) is 95.1 Å². The van der Waals surface area contributed by atoms with Gasteiger partial charge in [-0.25, -0.2) is 0 Å². The molecule has 0 radical (unpaired) electrons. The highest BCUT2D eigenvalue weighted by atomic mass is 28.4. The number of carbonyl (C=O) groups is 1. The minimum Gasteiger partial charge on any atom is -0.408 e. The number of hydrogen-bond acceptors (Lipinski definition) is 3. The number of ketones is 1. The molecule has 0 aromatic heterocycles. The van der Waals surface area contributed by atoms with Crippen LogP contribution in [0.25, 0.3) is 5.53 Å². The smallest absolute Gasteiger partial charge is 0.368 e. The van der Waals surface area contributed by atoms with Crippen LogP contribution < -0.4 is 0 Å². The van der Waals surface area contributed by atoms with Crippen LogP contribution in [0.5, 0.6) is 0 Å². The molecule has 0 unspecified atom stereocenters. The van der Waals surface area contributed by atoms with Crippen LogP contribution in [0.2, 0.25) is 18.1 Å². The SMILES string of the molecule is CC(C)(C)[Si](C)(C)O[C@@]12CCCCC[C@]1(O)C(=[N+]=[N-])C(=O)CC2. The molecule has 2 saturated carbocycles. The molecule has 130 valence electrons. The summed E-state index contributed by atoms with van der Waals surface area (Å²) in [5, 5.41) is 11.5. The van der Waals surface area contributed by atoms with Gasteiger partial charge in [-0.3, -0.25) is 4.79 Å². The van der Waals surface area contributed by atoms with Crippen LogP contribution in [-0.4, -0.2) is 40.9 Å². The molecular formula is C17H30N2O3Si. The topological polar surface area (TPSA) is 82.9 Å². The first-order chi connectivity index (χ1) is 10.5. The summed E-state index contributed by atoms with van der Waals surface area (Å²) >= 11 is 0. The first-order valence-electron chi connectivity index (χ1n) is 8.67. The van der Waals surface area contributed by atoms with Gasteiger partial charge in [0.15, 0.2) is 13.9 Å². The van der Waals surface area contributed by atoms with E-state index in [1.165, 1.54) is 0 Å². The standard InChI is InChI=1S/C17H30N2O3Si/c1-15(2,3)23(4,5)22-16-10-7-6-8-11-17(16,21)14(19-18)13(20)9-12-16/h21H,6-12H2,1-5H3/t16-,17+/m1/s1. The molecule has 0 aromatic carbocycles. The summed E-state index contributed by atoms with van der Waals surface area (Å²) in [5.41, 5.74) is 7.03. The van der Waals surface area contributed by atoms with E-state index in [0.29, 0.717) is 19.3 Å². The average Bonchev–Trinajstić information content (AvgIpc) is 2.57. The molecule has 0 aromatic rings. The fraction of sp³-hybridized carbons (Fsp3) is 0.882. The lowest BCUT2D eigenvalue weighted by atomic mass is 9.67. The van der Waals surface area contributed by atoms with Crippen LogP contribution in [0.15, 0.2) is 0 Å². The lowest BCUT2D eigenvalue weighted by molar-refractivity contribution is -0.157. The molecule has 23 heavy (non-hydrogen) atoms. The van der Waals surface area contributed by atoms with Gasteiger partial charge < -0.3 is 15.1 Å². The Labute approximate surface area is 140 Å². The molecule has 2 rings (SSSR count). The molecule has 0 aliphatic heterocycles. The number of Topliss-reactive ketones (excluding diaryl/α,β-unsaturated/α-hetero) is 1. The number of carbonyl (C=O) groups excluding carboxylic acids is 1. The maximum Gasteiger partial charge on any atom is 0.368 e. The van der Waals surface area contributed by atoms with Gasteiger partial charge in [0.1, 0.15) is 0 Å². The van der Waals surface area contributed by atoms with Gasteiger partial charge in [0, 0.05) is 6.42 Å². The molecule has 1 N–H and O–H groups in total. The van der Waals surface area contributed by atoms with E-state index in [-0.39, 0.29) is 23.0 Å². The maximum atomic E-state index is 12.2. The summed E-state index contributed by atoms with van der Waals surface area (Å²) in [6.07, 6.45) is 4.69. The van der Waals surface area contributed by atoms with Gasteiger partial charge in [-0.15, -0.1) is 0 Å². The summed E-state index contributed by atoms with van der Waals surface area (Å²) in [6, 6.07) is 0. The summed E-state index contributed by atoms with van der Waals surface area (Å²) in [7, 11) is -2.15. The van der Waals surface area contributed by atoms with Crippen molar-refractivity contribution < 1.29 is 19.1 Å². The van der Waals surface area contributed by atoms with Crippen LogP contribution in [0.1, 0.15) is 65.7 Å². The predicted molar refractivity (Wildman–Crippen MR) is 91.9 cm³/mol. The van der Waals surface area contributed by atoms with Crippen LogP contribution in [0.3, 0.4) is 0 Å². The molecular weight excluding hydrogens is 308 g/mol. The number of aliphatic hydroxyl groups is 1. The largest absolute Gasteiger partial charge is 0.408 e. The molecule has 0 spiro atoms. The summed E-state index contributed by atoms with van der Waals surface area (Å²) in [5.74, 6) is -0.258. The second-order valence-electron chi connectivity index (χ2n) is 8.65. The van der Waals surface area contributed by atoms with E-state index in [9.17, 15) is 15.4 Å².